The normalized spacial score (nSPS) is 10.4. The summed E-state index contributed by atoms with van der Waals surface area (Å²) >= 11 is 0. The minimum atomic E-state index is -0.486. The Morgan fingerprint density at radius 1 is 1.57 bits per heavy atom. The molecule has 0 radical (unpaired) electrons. The van der Waals surface area contributed by atoms with Gasteiger partial charge in [-0.05, 0) is 6.92 Å². The molecular formula is C8H8N4O2. The molecule has 14 heavy (non-hydrogen) atoms. The fourth-order valence-electron chi connectivity index (χ4n) is 1.12. The molecule has 6 heteroatoms. The average molecular weight is 192 g/mol. The van der Waals surface area contributed by atoms with Crippen LogP contribution in [0.4, 0.5) is 0 Å². The molecule has 0 saturated carbocycles. The zero-order valence-electron chi connectivity index (χ0n) is 7.76. The molecule has 0 aliphatic rings. The zero-order valence-corrected chi connectivity index (χ0v) is 7.76. The van der Waals surface area contributed by atoms with Crippen LogP contribution in [0, 0.1) is 6.92 Å². The molecular weight excluding hydrogens is 184 g/mol. The van der Waals surface area contributed by atoms with E-state index in [2.05, 4.69) is 19.8 Å². The summed E-state index contributed by atoms with van der Waals surface area (Å²) in [7, 11) is 1.31. The molecule has 2 aromatic heterocycles. The van der Waals surface area contributed by atoms with Crippen LogP contribution in [0.2, 0.25) is 0 Å². The maximum Gasteiger partial charge on any atom is 0.358 e. The van der Waals surface area contributed by atoms with E-state index in [1.165, 1.54) is 24.0 Å². The summed E-state index contributed by atoms with van der Waals surface area (Å²) in [5.74, 6) is 0.147. The molecule has 2 rings (SSSR count). The summed E-state index contributed by atoms with van der Waals surface area (Å²) in [6.45, 7) is 1.77. The predicted molar refractivity (Wildman–Crippen MR) is 46.9 cm³/mol. The molecule has 0 atom stereocenters. The smallest absolute Gasteiger partial charge is 0.358 e. The fraction of sp³-hybridized carbons (Fsp3) is 0.250. The highest BCUT2D eigenvalue weighted by Gasteiger charge is 2.09. The quantitative estimate of drug-likeness (QED) is 0.604. The third-order valence-corrected chi connectivity index (χ3v) is 1.72. The van der Waals surface area contributed by atoms with E-state index in [-0.39, 0.29) is 5.69 Å². The number of aromatic nitrogens is 4. The average Bonchev–Trinajstić information content (AvgIpc) is 2.55. The van der Waals surface area contributed by atoms with Crippen molar-refractivity contribution in [3.63, 3.8) is 0 Å². The molecule has 72 valence electrons. The summed E-state index contributed by atoms with van der Waals surface area (Å²) < 4.78 is 6.02. The lowest BCUT2D eigenvalue weighted by atomic mass is 10.4. The lowest BCUT2D eigenvalue weighted by Crippen LogP contribution is -2.06. The van der Waals surface area contributed by atoms with Crippen LogP contribution in [0.3, 0.4) is 0 Å². The molecule has 0 unspecified atom stereocenters. The van der Waals surface area contributed by atoms with Crippen LogP contribution in [-0.4, -0.2) is 32.7 Å². The summed E-state index contributed by atoms with van der Waals surface area (Å²) in [5.41, 5.74) is 0.819. The molecule has 6 nitrogen and oxygen atoms in total. The van der Waals surface area contributed by atoms with Crippen LogP contribution in [0.5, 0.6) is 0 Å². The molecule has 0 aliphatic heterocycles. The lowest BCUT2D eigenvalue weighted by molar-refractivity contribution is 0.0593. The Morgan fingerprint density at radius 3 is 3.07 bits per heavy atom. The minimum absolute atomic E-state index is 0.213. The second-order valence-corrected chi connectivity index (χ2v) is 2.73. The highest BCUT2D eigenvalue weighted by Crippen LogP contribution is 2.01. The summed E-state index contributed by atoms with van der Waals surface area (Å²) in [5, 5.41) is 4.05. The van der Waals surface area contributed by atoms with Crippen molar-refractivity contribution in [2.75, 3.05) is 7.11 Å². The standard InChI is InChI=1S/C8H8N4O2/c1-5-10-7-3-9-6(8(13)14-2)4-12(7)11-5/h3-4H,1-2H3. The number of ether oxygens (including phenoxy) is 1. The van der Waals surface area contributed by atoms with Gasteiger partial charge in [0.2, 0.25) is 0 Å². The molecule has 0 bridgehead atoms. The molecule has 0 fully saturated rings. The van der Waals surface area contributed by atoms with E-state index in [1.54, 1.807) is 6.92 Å². The summed E-state index contributed by atoms with van der Waals surface area (Å²) in [6, 6.07) is 0. The maximum atomic E-state index is 11.1. The highest BCUT2D eigenvalue weighted by molar-refractivity contribution is 5.86. The first-order valence-electron chi connectivity index (χ1n) is 3.98. The Labute approximate surface area is 79.5 Å². The van der Waals surface area contributed by atoms with Crippen LogP contribution in [0.15, 0.2) is 12.4 Å². The van der Waals surface area contributed by atoms with Crippen LogP contribution >= 0.6 is 0 Å². The molecule has 2 aromatic rings. The van der Waals surface area contributed by atoms with Gasteiger partial charge in [-0.2, -0.15) is 5.10 Å². The summed E-state index contributed by atoms with van der Waals surface area (Å²) in [4.78, 5) is 19.1. The number of aryl methyl sites for hydroxylation is 1. The van der Waals surface area contributed by atoms with E-state index < -0.39 is 5.97 Å². The lowest BCUT2D eigenvalue weighted by Gasteiger charge is -1.97. The molecule has 0 N–H and O–H groups in total. The first-order valence-corrected chi connectivity index (χ1v) is 3.98. The fourth-order valence-corrected chi connectivity index (χ4v) is 1.12. The van der Waals surface area contributed by atoms with Crippen molar-refractivity contribution in [1.29, 1.82) is 0 Å². The first-order chi connectivity index (χ1) is 6.70. The Bertz CT molecular complexity index is 491. The van der Waals surface area contributed by atoms with Crippen molar-refractivity contribution in [3.05, 3.63) is 23.9 Å². The van der Waals surface area contributed by atoms with E-state index >= 15 is 0 Å². The monoisotopic (exact) mass is 192 g/mol. The highest BCUT2D eigenvalue weighted by atomic mass is 16.5. The molecule has 0 aromatic carbocycles. The molecule has 2 heterocycles. The predicted octanol–water partition coefficient (Wildman–Crippen LogP) is 0.219. The Balaban J connectivity index is 2.55. The Kier molecular flexibility index (Phi) is 1.88. The van der Waals surface area contributed by atoms with E-state index in [1.807, 2.05) is 0 Å². The number of hydrogen-bond acceptors (Lipinski definition) is 5. The van der Waals surface area contributed by atoms with Crippen LogP contribution in [-0.2, 0) is 4.74 Å². The van der Waals surface area contributed by atoms with Gasteiger partial charge in [-0.1, -0.05) is 0 Å². The topological polar surface area (TPSA) is 69.4 Å². The van der Waals surface area contributed by atoms with Crippen molar-refractivity contribution in [2.45, 2.75) is 6.92 Å². The third-order valence-electron chi connectivity index (χ3n) is 1.72. The number of rotatable bonds is 1. The number of nitrogens with zero attached hydrogens (tertiary/aromatic N) is 4. The second kappa shape index (κ2) is 3.06. The maximum absolute atomic E-state index is 11.1. The molecule has 0 amide bonds. The number of fused-ring (bicyclic) bond motifs is 1. The van der Waals surface area contributed by atoms with Crippen LogP contribution in [0.25, 0.3) is 5.65 Å². The number of esters is 1. The van der Waals surface area contributed by atoms with Crippen LogP contribution < -0.4 is 0 Å². The van der Waals surface area contributed by atoms with E-state index in [4.69, 9.17) is 0 Å². The number of hydrogen-bond donors (Lipinski definition) is 0. The van der Waals surface area contributed by atoms with Gasteiger partial charge >= 0.3 is 5.97 Å². The van der Waals surface area contributed by atoms with Gasteiger partial charge in [0.1, 0.15) is 5.82 Å². The molecule has 0 spiro atoms. The SMILES string of the molecule is COC(=O)c1cn2nc(C)nc2cn1. The van der Waals surface area contributed by atoms with Crippen molar-refractivity contribution in [1.82, 2.24) is 19.6 Å². The van der Waals surface area contributed by atoms with Gasteiger partial charge in [-0.25, -0.2) is 19.3 Å². The number of carbonyl (C=O) groups excluding carboxylic acids is 1. The number of carbonyl (C=O) groups is 1. The van der Waals surface area contributed by atoms with E-state index in [0.717, 1.165) is 0 Å². The molecule has 0 saturated heterocycles. The van der Waals surface area contributed by atoms with Gasteiger partial charge in [0, 0.05) is 0 Å². The molecule has 0 aliphatic carbocycles. The Morgan fingerprint density at radius 2 is 2.36 bits per heavy atom. The van der Waals surface area contributed by atoms with Gasteiger partial charge < -0.3 is 4.74 Å². The minimum Gasteiger partial charge on any atom is -0.464 e. The van der Waals surface area contributed by atoms with Gasteiger partial charge in [0.05, 0.1) is 19.5 Å². The van der Waals surface area contributed by atoms with Crippen molar-refractivity contribution < 1.29 is 9.53 Å². The van der Waals surface area contributed by atoms with Crippen molar-refractivity contribution in [3.8, 4) is 0 Å². The number of methoxy groups -OCH3 is 1. The van der Waals surface area contributed by atoms with E-state index in [0.29, 0.717) is 11.5 Å². The second-order valence-electron chi connectivity index (χ2n) is 2.73. The largest absolute Gasteiger partial charge is 0.464 e. The van der Waals surface area contributed by atoms with Gasteiger partial charge in [-0.3, -0.25) is 0 Å². The third kappa shape index (κ3) is 1.30. The van der Waals surface area contributed by atoms with Crippen molar-refractivity contribution in [2.24, 2.45) is 0 Å². The van der Waals surface area contributed by atoms with Gasteiger partial charge in [0.25, 0.3) is 0 Å². The first kappa shape index (κ1) is 8.61. The van der Waals surface area contributed by atoms with Crippen LogP contribution in [0.1, 0.15) is 16.3 Å². The Hall–Kier alpha value is -1.98. The van der Waals surface area contributed by atoms with Gasteiger partial charge in [-0.15, -0.1) is 0 Å². The summed E-state index contributed by atoms with van der Waals surface area (Å²) in [6.07, 6.45) is 2.97. The van der Waals surface area contributed by atoms with Crippen molar-refractivity contribution >= 4 is 11.6 Å². The van der Waals surface area contributed by atoms with Gasteiger partial charge in [0.15, 0.2) is 11.3 Å². The zero-order chi connectivity index (χ0) is 10.1. The van der Waals surface area contributed by atoms with E-state index in [9.17, 15) is 4.79 Å².